The summed E-state index contributed by atoms with van der Waals surface area (Å²) in [7, 11) is 0. The summed E-state index contributed by atoms with van der Waals surface area (Å²) in [4.78, 5) is 36.7. The fourth-order valence-electron chi connectivity index (χ4n) is 2.33. The average Bonchev–Trinajstić information content (AvgIpc) is 2.88. The van der Waals surface area contributed by atoms with Crippen LogP contribution in [-0.4, -0.2) is 26.3 Å². The smallest absolute Gasteiger partial charge is 0.354 e. The lowest BCUT2D eigenvalue weighted by molar-refractivity contribution is -0.118. The second-order valence-corrected chi connectivity index (χ2v) is 4.87. The number of aromatic nitrogens is 3. The molecule has 0 saturated heterocycles. The lowest BCUT2D eigenvalue weighted by Crippen LogP contribution is -2.36. The zero-order valence-corrected chi connectivity index (χ0v) is 11.3. The Hall–Kier alpha value is -2.90. The molecule has 0 fully saturated rings. The Morgan fingerprint density at radius 1 is 1.38 bits per heavy atom. The van der Waals surface area contributed by atoms with Crippen molar-refractivity contribution in [1.29, 1.82) is 0 Å². The molecule has 2 aromatic rings. The number of amides is 2. The standard InChI is InChI=1S/C13H13N5O3/c1-8-3-2-4-9(5-8)16-7-11-15-17(6-10(14)19)13(21)18(11)12(16)20/h2-5H,6-7H2,1H3,(H2,14,19). The van der Waals surface area contributed by atoms with E-state index in [1.807, 2.05) is 25.1 Å². The molecule has 108 valence electrons. The monoisotopic (exact) mass is 287 g/mol. The third-order valence-electron chi connectivity index (χ3n) is 3.25. The zero-order valence-electron chi connectivity index (χ0n) is 11.3. The van der Waals surface area contributed by atoms with Gasteiger partial charge in [-0.1, -0.05) is 12.1 Å². The highest BCUT2D eigenvalue weighted by Crippen LogP contribution is 2.22. The Morgan fingerprint density at radius 2 is 2.14 bits per heavy atom. The Kier molecular flexibility index (Phi) is 2.86. The third kappa shape index (κ3) is 2.10. The molecule has 0 aliphatic carbocycles. The highest BCUT2D eigenvalue weighted by Gasteiger charge is 2.33. The molecule has 2 N–H and O–H groups in total. The fourth-order valence-corrected chi connectivity index (χ4v) is 2.33. The van der Waals surface area contributed by atoms with Crippen molar-refractivity contribution in [3.05, 3.63) is 46.1 Å². The van der Waals surface area contributed by atoms with E-state index >= 15 is 0 Å². The maximum Gasteiger partial charge on any atom is 0.354 e. The van der Waals surface area contributed by atoms with Crippen LogP contribution in [0.3, 0.4) is 0 Å². The Labute approximate surface area is 119 Å². The van der Waals surface area contributed by atoms with Crippen LogP contribution in [0.2, 0.25) is 0 Å². The molecule has 0 unspecified atom stereocenters. The topological polar surface area (TPSA) is 103 Å². The molecule has 1 aliphatic rings. The van der Waals surface area contributed by atoms with Gasteiger partial charge in [0.05, 0.1) is 6.54 Å². The third-order valence-corrected chi connectivity index (χ3v) is 3.25. The van der Waals surface area contributed by atoms with E-state index in [4.69, 9.17) is 5.73 Å². The molecule has 2 amide bonds. The van der Waals surface area contributed by atoms with Gasteiger partial charge in [0.2, 0.25) is 5.91 Å². The number of benzene rings is 1. The van der Waals surface area contributed by atoms with Crippen LogP contribution in [-0.2, 0) is 17.9 Å². The van der Waals surface area contributed by atoms with Crippen molar-refractivity contribution < 1.29 is 9.59 Å². The minimum absolute atomic E-state index is 0.184. The minimum Gasteiger partial charge on any atom is -0.368 e. The molecular formula is C13H13N5O3. The summed E-state index contributed by atoms with van der Waals surface area (Å²) in [6.07, 6.45) is 0. The SMILES string of the molecule is Cc1cccc(N2Cc3nn(CC(N)=O)c(=O)n3C2=O)c1. The summed E-state index contributed by atoms with van der Waals surface area (Å²) >= 11 is 0. The second kappa shape index (κ2) is 4.58. The Morgan fingerprint density at radius 3 is 2.76 bits per heavy atom. The van der Waals surface area contributed by atoms with E-state index < -0.39 is 17.6 Å². The van der Waals surface area contributed by atoms with Crippen LogP contribution in [0.5, 0.6) is 0 Å². The summed E-state index contributed by atoms with van der Waals surface area (Å²) in [6.45, 7) is 1.77. The molecule has 1 aromatic heterocycles. The number of primary amides is 1. The minimum atomic E-state index is -0.683. The molecule has 8 nitrogen and oxygen atoms in total. The van der Waals surface area contributed by atoms with Crippen molar-refractivity contribution in [3.63, 3.8) is 0 Å². The van der Waals surface area contributed by atoms with Gasteiger partial charge in [-0.15, -0.1) is 0 Å². The highest BCUT2D eigenvalue weighted by molar-refractivity contribution is 5.96. The molecular weight excluding hydrogens is 274 g/mol. The van der Waals surface area contributed by atoms with E-state index in [-0.39, 0.29) is 13.1 Å². The number of rotatable bonds is 3. The van der Waals surface area contributed by atoms with Crippen LogP contribution in [0.4, 0.5) is 10.5 Å². The van der Waals surface area contributed by atoms with E-state index in [2.05, 4.69) is 5.10 Å². The maximum atomic E-state index is 12.3. The van der Waals surface area contributed by atoms with Crippen LogP contribution in [0, 0.1) is 6.92 Å². The predicted molar refractivity (Wildman–Crippen MR) is 73.8 cm³/mol. The first-order valence-electron chi connectivity index (χ1n) is 6.33. The zero-order chi connectivity index (χ0) is 15.1. The number of carbonyl (C=O) groups excluding carboxylic acids is 2. The van der Waals surface area contributed by atoms with Gasteiger partial charge in [-0.05, 0) is 24.6 Å². The van der Waals surface area contributed by atoms with Crippen molar-refractivity contribution in [3.8, 4) is 0 Å². The molecule has 0 radical (unpaired) electrons. The molecule has 1 aliphatic heterocycles. The predicted octanol–water partition coefficient (Wildman–Crippen LogP) is -0.173. The van der Waals surface area contributed by atoms with E-state index in [0.717, 1.165) is 14.8 Å². The number of anilines is 1. The Bertz CT molecular complexity index is 804. The van der Waals surface area contributed by atoms with Crippen LogP contribution < -0.4 is 16.3 Å². The molecule has 3 rings (SSSR count). The largest absolute Gasteiger partial charge is 0.368 e. The lowest BCUT2D eigenvalue weighted by Gasteiger charge is -2.15. The molecule has 1 aromatic carbocycles. The second-order valence-electron chi connectivity index (χ2n) is 4.87. The van der Waals surface area contributed by atoms with Gasteiger partial charge in [-0.3, -0.25) is 9.69 Å². The normalized spacial score (nSPS) is 13.6. The van der Waals surface area contributed by atoms with Crippen LogP contribution >= 0.6 is 0 Å². The van der Waals surface area contributed by atoms with Crippen molar-refractivity contribution in [2.24, 2.45) is 5.73 Å². The van der Waals surface area contributed by atoms with Crippen molar-refractivity contribution in [2.45, 2.75) is 20.0 Å². The maximum absolute atomic E-state index is 12.3. The van der Waals surface area contributed by atoms with Crippen LogP contribution in [0.25, 0.3) is 0 Å². The number of hydrogen-bond acceptors (Lipinski definition) is 4. The molecule has 8 heteroatoms. The number of hydrogen-bond donors (Lipinski definition) is 1. The number of nitrogens with two attached hydrogens (primary N) is 1. The summed E-state index contributed by atoms with van der Waals surface area (Å²) in [5.41, 5.74) is 6.10. The first-order valence-corrected chi connectivity index (χ1v) is 6.33. The van der Waals surface area contributed by atoms with Crippen LogP contribution in [0.1, 0.15) is 11.4 Å². The van der Waals surface area contributed by atoms with Crippen molar-refractivity contribution in [2.75, 3.05) is 4.90 Å². The number of nitrogens with zero attached hydrogens (tertiary/aromatic N) is 4. The quantitative estimate of drug-likeness (QED) is 0.846. The molecule has 21 heavy (non-hydrogen) atoms. The van der Waals surface area contributed by atoms with Gasteiger partial charge < -0.3 is 5.73 Å². The van der Waals surface area contributed by atoms with Crippen molar-refractivity contribution in [1.82, 2.24) is 14.3 Å². The highest BCUT2D eigenvalue weighted by atomic mass is 16.2. The number of carbonyl (C=O) groups is 2. The van der Waals surface area contributed by atoms with E-state index in [1.165, 1.54) is 4.90 Å². The Balaban J connectivity index is 1.97. The van der Waals surface area contributed by atoms with Gasteiger partial charge in [0.25, 0.3) is 0 Å². The molecule has 2 heterocycles. The molecule has 0 bridgehead atoms. The summed E-state index contributed by atoms with van der Waals surface area (Å²) in [6, 6.07) is 6.93. The molecule has 0 atom stereocenters. The van der Waals surface area contributed by atoms with E-state index in [1.54, 1.807) is 6.07 Å². The summed E-state index contributed by atoms with van der Waals surface area (Å²) in [5, 5.41) is 3.98. The van der Waals surface area contributed by atoms with E-state index in [0.29, 0.717) is 11.5 Å². The summed E-state index contributed by atoms with van der Waals surface area (Å²) < 4.78 is 1.87. The number of aryl methyl sites for hydroxylation is 1. The number of fused-ring (bicyclic) bond motifs is 1. The first kappa shape index (κ1) is 13.1. The van der Waals surface area contributed by atoms with Gasteiger partial charge in [-0.2, -0.15) is 9.67 Å². The first-order chi connectivity index (χ1) is 9.97. The fraction of sp³-hybridized carbons (Fsp3) is 0.231. The summed E-state index contributed by atoms with van der Waals surface area (Å²) in [5.74, 6) is -0.385. The lowest BCUT2D eigenvalue weighted by atomic mass is 10.2. The van der Waals surface area contributed by atoms with Crippen molar-refractivity contribution >= 4 is 17.6 Å². The van der Waals surface area contributed by atoms with Gasteiger partial charge in [0.1, 0.15) is 6.54 Å². The van der Waals surface area contributed by atoms with E-state index in [9.17, 15) is 14.4 Å². The molecule has 0 saturated carbocycles. The van der Waals surface area contributed by atoms with Gasteiger partial charge in [-0.25, -0.2) is 14.3 Å². The van der Waals surface area contributed by atoms with Gasteiger partial charge >= 0.3 is 11.7 Å². The van der Waals surface area contributed by atoms with Gasteiger partial charge in [0, 0.05) is 5.69 Å². The average molecular weight is 287 g/mol. The van der Waals surface area contributed by atoms with Crippen LogP contribution in [0.15, 0.2) is 29.1 Å². The molecule has 0 spiro atoms. The van der Waals surface area contributed by atoms with Gasteiger partial charge in [0.15, 0.2) is 5.82 Å².